The van der Waals surface area contributed by atoms with Gasteiger partial charge >= 0.3 is 0 Å². The molecule has 2 rings (SSSR count). The Morgan fingerprint density at radius 2 is 2.37 bits per heavy atom. The van der Waals surface area contributed by atoms with Crippen LogP contribution < -0.4 is 5.73 Å². The molecule has 0 saturated carbocycles. The highest BCUT2D eigenvalue weighted by Crippen LogP contribution is 2.22. The van der Waals surface area contributed by atoms with Crippen LogP contribution >= 0.6 is 23.7 Å². The van der Waals surface area contributed by atoms with Gasteiger partial charge in [-0.3, -0.25) is 4.90 Å². The summed E-state index contributed by atoms with van der Waals surface area (Å²) in [5.74, 6) is 0.533. The van der Waals surface area contributed by atoms with Crippen LogP contribution in [0.25, 0.3) is 0 Å². The summed E-state index contributed by atoms with van der Waals surface area (Å²) in [7, 11) is -2.86. The normalized spacial score (nSPS) is 21.2. The standard InChI is InChI=1S/C11H17N3O2S2.ClH/c1-2-4-14(7-10-6-13-11(12)17-10)9-3-5-18(15,16)8-9;/h2,6,9H,1,3-5,7-8H2,(H2,12,13);1H. The fourth-order valence-electron chi connectivity index (χ4n) is 2.17. The maximum absolute atomic E-state index is 11.5. The van der Waals surface area contributed by atoms with Gasteiger partial charge in [-0.15, -0.1) is 30.3 Å². The Hall–Kier alpha value is -0.630. The molecule has 1 fully saturated rings. The van der Waals surface area contributed by atoms with Crippen molar-refractivity contribution in [2.45, 2.75) is 19.0 Å². The van der Waals surface area contributed by atoms with Crippen molar-refractivity contribution in [3.8, 4) is 0 Å². The molecule has 1 aliphatic rings. The molecule has 1 saturated heterocycles. The molecule has 19 heavy (non-hydrogen) atoms. The third kappa shape index (κ3) is 4.45. The fraction of sp³-hybridized carbons (Fsp3) is 0.545. The van der Waals surface area contributed by atoms with Gasteiger partial charge < -0.3 is 5.73 Å². The van der Waals surface area contributed by atoms with Crippen molar-refractivity contribution in [2.75, 3.05) is 23.8 Å². The first-order chi connectivity index (χ1) is 8.50. The molecule has 1 aromatic heterocycles. The van der Waals surface area contributed by atoms with E-state index in [0.717, 1.165) is 4.88 Å². The van der Waals surface area contributed by atoms with Crippen LogP contribution in [-0.4, -0.2) is 42.4 Å². The minimum atomic E-state index is -2.86. The van der Waals surface area contributed by atoms with E-state index in [0.29, 0.717) is 24.6 Å². The molecule has 1 atom stereocenters. The van der Waals surface area contributed by atoms with Crippen LogP contribution in [0.3, 0.4) is 0 Å². The van der Waals surface area contributed by atoms with Crippen LogP contribution in [0.4, 0.5) is 5.13 Å². The summed E-state index contributed by atoms with van der Waals surface area (Å²) in [6.45, 7) is 5.09. The summed E-state index contributed by atoms with van der Waals surface area (Å²) in [5.41, 5.74) is 5.60. The molecule has 0 amide bonds. The number of aromatic nitrogens is 1. The van der Waals surface area contributed by atoms with Crippen molar-refractivity contribution in [1.29, 1.82) is 0 Å². The Bertz CT molecular complexity index is 530. The second-order valence-corrected chi connectivity index (χ2v) is 7.82. The second kappa shape index (κ2) is 6.69. The number of hydrogen-bond acceptors (Lipinski definition) is 6. The van der Waals surface area contributed by atoms with Gasteiger partial charge in [-0.2, -0.15) is 0 Å². The van der Waals surface area contributed by atoms with E-state index >= 15 is 0 Å². The van der Waals surface area contributed by atoms with Crippen LogP contribution in [-0.2, 0) is 16.4 Å². The zero-order valence-electron chi connectivity index (χ0n) is 10.5. The van der Waals surface area contributed by atoms with Crippen LogP contribution in [0.15, 0.2) is 18.9 Å². The first-order valence-corrected chi connectivity index (χ1v) is 8.39. The lowest BCUT2D eigenvalue weighted by atomic mass is 10.2. The number of anilines is 1. The van der Waals surface area contributed by atoms with Gasteiger partial charge in [-0.25, -0.2) is 13.4 Å². The number of thiazole rings is 1. The third-order valence-corrected chi connectivity index (χ3v) is 5.58. The fourth-order valence-corrected chi connectivity index (χ4v) is 4.64. The van der Waals surface area contributed by atoms with E-state index in [4.69, 9.17) is 5.73 Å². The lowest BCUT2D eigenvalue weighted by molar-refractivity contribution is 0.228. The summed E-state index contributed by atoms with van der Waals surface area (Å²) < 4.78 is 23.0. The monoisotopic (exact) mass is 323 g/mol. The van der Waals surface area contributed by atoms with Gasteiger partial charge in [0.15, 0.2) is 15.0 Å². The van der Waals surface area contributed by atoms with Gasteiger partial charge in [-0.1, -0.05) is 6.08 Å². The first kappa shape index (κ1) is 16.4. The van der Waals surface area contributed by atoms with Gasteiger partial charge in [-0.05, 0) is 6.42 Å². The van der Waals surface area contributed by atoms with Gasteiger partial charge in [0, 0.05) is 30.2 Å². The van der Waals surface area contributed by atoms with Crippen molar-refractivity contribution in [2.24, 2.45) is 0 Å². The van der Waals surface area contributed by atoms with Crippen LogP contribution in [0.1, 0.15) is 11.3 Å². The quantitative estimate of drug-likeness (QED) is 0.827. The molecule has 1 aromatic rings. The van der Waals surface area contributed by atoms with Crippen molar-refractivity contribution in [1.82, 2.24) is 9.88 Å². The van der Waals surface area contributed by atoms with E-state index in [-0.39, 0.29) is 30.0 Å². The van der Waals surface area contributed by atoms with Crippen LogP contribution in [0.5, 0.6) is 0 Å². The Balaban J connectivity index is 0.00000180. The van der Waals surface area contributed by atoms with Crippen molar-refractivity contribution in [3.63, 3.8) is 0 Å². The van der Waals surface area contributed by atoms with E-state index in [9.17, 15) is 8.42 Å². The molecular weight excluding hydrogens is 306 g/mol. The number of nitrogen functional groups attached to an aromatic ring is 1. The lowest BCUT2D eigenvalue weighted by Gasteiger charge is -2.25. The smallest absolute Gasteiger partial charge is 0.180 e. The van der Waals surface area contributed by atoms with Crippen LogP contribution in [0.2, 0.25) is 0 Å². The highest BCUT2D eigenvalue weighted by molar-refractivity contribution is 7.91. The Morgan fingerprint density at radius 3 is 2.84 bits per heavy atom. The largest absolute Gasteiger partial charge is 0.375 e. The van der Waals surface area contributed by atoms with E-state index in [2.05, 4.69) is 16.5 Å². The number of halogens is 1. The van der Waals surface area contributed by atoms with Crippen molar-refractivity contribution >= 4 is 38.7 Å². The van der Waals surface area contributed by atoms with E-state index in [1.807, 2.05) is 0 Å². The summed E-state index contributed by atoms with van der Waals surface area (Å²) in [6.07, 6.45) is 4.25. The van der Waals surface area contributed by atoms with E-state index in [1.54, 1.807) is 12.3 Å². The van der Waals surface area contributed by atoms with Crippen LogP contribution in [0, 0.1) is 0 Å². The van der Waals surface area contributed by atoms with Gasteiger partial charge in [0.05, 0.1) is 11.5 Å². The maximum Gasteiger partial charge on any atom is 0.180 e. The average Bonchev–Trinajstić information content (AvgIpc) is 2.84. The summed E-state index contributed by atoms with van der Waals surface area (Å²) >= 11 is 1.44. The number of nitrogens with zero attached hydrogens (tertiary/aromatic N) is 2. The third-order valence-electron chi connectivity index (χ3n) is 3.02. The molecule has 108 valence electrons. The highest BCUT2D eigenvalue weighted by Gasteiger charge is 2.31. The summed E-state index contributed by atoms with van der Waals surface area (Å²) in [6, 6.07) is 0.0799. The molecule has 8 heteroatoms. The molecule has 1 unspecified atom stereocenters. The predicted octanol–water partition coefficient (Wildman–Crippen LogP) is 1.32. The molecule has 0 spiro atoms. The first-order valence-electron chi connectivity index (χ1n) is 5.76. The molecule has 0 radical (unpaired) electrons. The van der Waals surface area contributed by atoms with Crippen molar-refractivity contribution < 1.29 is 8.42 Å². The Labute approximate surface area is 123 Å². The average molecular weight is 324 g/mol. The minimum absolute atomic E-state index is 0. The lowest BCUT2D eigenvalue weighted by Crippen LogP contribution is -2.35. The Morgan fingerprint density at radius 1 is 1.63 bits per heavy atom. The highest BCUT2D eigenvalue weighted by atomic mass is 35.5. The molecule has 0 bridgehead atoms. The molecule has 5 nitrogen and oxygen atoms in total. The maximum atomic E-state index is 11.5. The SMILES string of the molecule is C=CCN(Cc1cnc(N)s1)C1CCS(=O)(=O)C1.Cl. The molecular formula is C11H18ClN3O2S2. The van der Waals surface area contributed by atoms with E-state index < -0.39 is 9.84 Å². The molecule has 0 aromatic carbocycles. The zero-order chi connectivity index (χ0) is 13.2. The number of nitrogens with two attached hydrogens (primary N) is 1. The molecule has 2 N–H and O–H groups in total. The van der Waals surface area contributed by atoms with Gasteiger partial charge in [0.25, 0.3) is 0 Å². The molecule has 1 aliphatic heterocycles. The van der Waals surface area contributed by atoms with Crippen molar-refractivity contribution in [3.05, 3.63) is 23.7 Å². The predicted molar refractivity (Wildman–Crippen MR) is 81.4 cm³/mol. The topological polar surface area (TPSA) is 76.3 Å². The minimum Gasteiger partial charge on any atom is -0.375 e. The summed E-state index contributed by atoms with van der Waals surface area (Å²) in [5, 5.41) is 0.544. The molecule has 0 aliphatic carbocycles. The zero-order valence-corrected chi connectivity index (χ0v) is 12.9. The van der Waals surface area contributed by atoms with E-state index in [1.165, 1.54) is 11.3 Å². The second-order valence-electron chi connectivity index (χ2n) is 4.44. The number of rotatable bonds is 5. The van der Waals surface area contributed by atoms with Gasteiger partial charge in [0.1, 0.15) is 0 Å². The number of hydrogen-bond donors (Lipinski definition) is 1. The number of sulfone groups is 1. The molecule has 2 heterocycles. The summed E-state index contributed by atoms with van der Waals surface area (Å²) in [4.78, 5) is 7.19. The Kier molecular flexibility index (Phi) is 5.79. The van der Waals surface area contributed by atoms with Gasteiger partial charge in [0.2, 0.25) is 0 Å².